The molecule has 1 N–H and O–H groups in total. The predicted octanol–water partition coefficient (Wildman–Crippen LogP) is 3.60. The first-order valence-corrected chi connectivity index (χ1v) is 9.67. The molecule has 0 bridgehead atoms. The van der Waals surface area contributed by atoms with Crippen LogP contribution in [0.5, 0.6) is 0 Å². The molecule has 1 heterocycles. The summed E-state index contributed by atoms with van der Waals surface area (Å²) in [6, 6.07) is 19.6. The molecule has 0 aliphatic heterocycles. The van der Waals surface area contributed by atoms with Crippen molar-refractivity contribution in [1.82, 2.24) is 20.2 Å². The number of benzene rings is 2. The molecule has 1 amide bonds. The van der Waals surface area contributed by atoms with Crippen LogP contribution >= 0.6 is 11.8 Å². The van der Waals surface area contributed by atoms with Gasteiger partial charge < -0.3 is 4.57 Å². The van der Waals surface area contributed by atoms with E-state index in [4.69, 9.17) is 0 Å². The molecule has 0 saturated carbocycles. The molecule has 0 spiro atoms. The second-order valence-electron chi connectivity index (χ2n) is 5.80. The Balaban J connectivity index is 1.62. The minimum absolute atomic E-state index is 0.179. The Kier molecular flexibility index (Phi) is 6.38. The number of aromatic nitrogens is 3. The standard InChI is InChI=1S/C20H21N5OS/c1-3-25-19(17-12-8-5-9-13-17)23-24-20(25)27-14-18(26)22-21-15(2)16-10-6-4-7-11-16/h4-13H,3,14H2,1-2H3,(H,22,26). The molecule has 1 aromatic heterocycles. The van der Waals surface area contributed by atoms with Gasteiger partial charge in [0.05, 0.1) is 11.5 Å². The molecular weight excluding hydrogens is 358 g/mol. The van der Waals surface area contributed by atoms with E-state index in [1.807, 2.05) is 79.1 Å². The zero-order valence-electron chi connectivity index (χ0n) is 15.3. The number of amides is 1. The Morgan fingerprint density at radius 2 is 1.74 bits per heavy atom. The van der Waals surface area contributed by atoms with Crippen LogP contribution < -0.4 is 5.43 Å². The molecule has 2 aromatic carbocycles. The molecule has 0 aliphatic carbocycles. The zero-order chi connectivity index (χ0) is 19.1. The first-order valence-electron chi connectivity index (χ1n) is 8.69. The summed E-state index contributed by atoms with van der Waals surface area (Å²) in [7, 11) is 0. The van der Waals surface area contributed by atoms with Gasteiger partial charge in [0.2, 0.25) is 0 Å². The Bertz CT molecular complexity index is 922. The van der Waals surface area contributed by atoms with Gasteiger partial charge in [0.15, 0.2) is 11.0 Å². The lowest BCUT2D eigenvalue weighted by molar-refractivity contribution is -0.118. The maximum Gasteiger partial charge on any atom is 0.250 e. The van der Waals surface area contributed by atoms with E-state index in [2.05, 4.69) is 20.7 Å². The zero-order valence-corrected chi connectivity index (χ0v) is 16.1. The Hall–Kier alpha value is -2.93. The highest BCUT2D eigenvalue weighted by molar-refractivity contribution is 7.99. The third kappa shape index (κ3) is 4.83. The Labute approximate surface area is 162 Å². The van der Waals surface area contributed by atoms with Gasteiger partial charge in [-0.3, -0.25) is 4.79 Å². The quantitative estimate of drug-likeness (QED) is 0.387. The summed E-state index contributed by atoms with van der Waals surface area (Å²) < 4.78 is 2.01. The number of nitrogens with one attached hydrogen (secondary N) is 1. The number of hydrogen-bond acceptors (Lipinski definition) is 5. The molecular formula is C20H21N5OS. The molecule has 0 fully saturated rings. The van der Waals surface area contributed by atoms with E-state index in [1.165, 1.54) is 11.8 Å². The molecule has 27 heavy (non-hydrogen) atoms. The van der Waals surface area contributed by atoms with Crippen molar-refractivity contribution in [3.8, 4) is 11.4 Å². The van der Waals surface area contributed by atoms with E-state index >= 15 is 0 Å². The highest BCUT2D eigenvalue weighted by Crippen LogP contribution is 2.23. The van der Waals surface area contributed by atoms with E-state index in [1.54, 1.807) is 0 Å². The van der Waals surface area contributed by atoms with Crippen molar-refractivity contribution >= 4 is 23.4 Å². The molecule has 6 nitrogen and oxygen atoms in total. The third-order valence-corrected chi connectivity index (χ3v) is 4.90. The lowest BCUT2D eigenvalue weighted by Crippen LogP contribution is -2.21. The van der Waals surface area contributed by atoms with Crippen LogP contribution in [0, 0.1) is 0 Å². The Morgan fingerprint density at radius 3 is 2.41 bits per heavy atom. The van der Waals surface area contributed by atoms with Crippen LogP contribution in [0.25, 0.3) is 11.4 Å². The average Bonchev–Trinajstić information content (AvgIpc) is 3.14. The van der Waals surface area contributed by atoms with Crippen molar-refractivity contribution in [3.63, 3.8) is 0 Å². The molecule has 138 valence electrons. The number of carbonyl (C=O) groups excluding carboxylic acids is 1. The SMILES string of the molecule is CCn1c(SCC(=O)NN=C(C)c2ccccc2)nnc1-c1ccccc1. The maximum absolute atomic E-state index is 12.1. The minimum Gasteiger partial charge on any atom is -0.302 e. The van der Waals surface area contributed by atoms with Crippen molar-refractivity contribution in [2.75, 3.05) is 5.75 Å². The smallest absolute Gasteiger partial charge is 0.250 e. The molecule has 0 unspecified atom stereocenters. The van der Waals surface area contributed by atoms with E-state index in [0.717, 1.165) is 34.4 Å². The summed E-state index contributed by atoms with van der Waals surface area (Å²) >= 11 is 1.35. The first-order chi connectivity index (χ1) is 13.2. The Morgan fingerprint density at radius 1 is 1.07 bits per heavy atom. The van der Waals surface area contributed by atoms with Gasteiger partial charge in [-0.25, -0.2) is 5.43 Å². The van der Waals surface area contributed by atoms with E-state index in [9.17, 15) is 4.79 Å². The molecule has 0 aliphatic rings. The van der Waals surface area contributed by atoms with Gasteiger partial charge in [0, 0.05) is 12.1 Å². The van der Waals surface area contributed by atoms with Crippen molar-refractivity contribution in [2.24, 2.45) is 5.10 Å². The van der Waals surface area contributed by atoms with Crippen LogP contribution in [0.3, 0.4) is 0 Å². The fraction of sp³-hybridized carbons (Fsp3) is 0.200. The number of rotatable bonds is 7. The van der Waals surface area contributed by atoms with Crippen molar-refractivity contribution in [3.05, 3.63) is 66.2 Å². The summed E-state index contributed by atoms with van der Waals surface area (Å²) in [5, 5.41) is 13.4. The summed E-state index contributed by atoms with van der Waals surface area (Å²) in [4.78, 5) is 12.1. The van der Waals surface area contributed by atoms with Gasteiger partial charge in [-0.1, -0.05) is 72.4 Å². The van der Waals surface area contributed by atoms with E-state index in [-0.39, 0.29) is 11.7 Å². The second kappa shape index (κ2) is 9.14. The van der Waals surface area contributed by atoms with Crippen LogP contribution in [0.15, 0.2) is 70.9 Å². The van der Waals surface area contributed by atoms with Gasteiger partial charge in [0.25, 0.3) is 5.91 Å². The number of nitrogens with zero attached hydrogens (tertiary/aromatic N) is 4. The van der Waals surface area contributed by atoms with Crippen LogP contribution in [0.2, 0.25) is 0 Å². The molecule has 0 saturated heterocycles. The largest absolute Gasteiger partial charge is 0.302 e. The molecule has 0 atom stereocenters. The summed E-state index contributed by atoms with van der Waals surface area (Å²) in [6.45, 7) is 4.63. The predicted molar refractivity (Wildman–Crippen MR) is 109 cm³/mol. The first kappa shape index (κ1) is 18.8. The third-order valence-electron chi connectivity index (χ3n) is 3.94. The molecule has 7 heteroatoms. The van der Waals surface area contributed by atoms with Crippen LogP contribution in [-0.4, -0.2) is 32.1 Å². The van der Waals surface area contributed by atoms with E-state index < -0.39 is 0 Å². The van der Waals surface area contributed by atoms with Crippen LogP contribution in [-0.2, 0) is 11.3 Å². The molecule has 3 aromatic rings. The van der Waals surface area contributed by atoms with E-state index in [0.29, 0.717) is 0 Å². The highest BCUT2D eigenvalue weighted by atomic mass is 32.2. The molecule has 0 radical (unpaired) electrons. The fourth-order valence-corrected chi connectivity index (χ4v) is 3.33. The maximum atomic E-state index is 12.1. The second-order valence-corrected chi connectivity index (χ2v) is 6.75. The minimum atomic E-state index is -0.179. The normalized spacial score (nSPS) is 11.4. The van der Waals surface area contributed by atoms with Gasteiger partial charge in [-0.05, 0) is 19.4 Å². The topological polar surface area (TPSA) is 72.2 Å². The fourth-order valence-electron chi connectivity index (χ4n) is 2.53. The van der Waals surface area contributed by atoms with Crippen molar-refractivity contribution in [1.29, 1.82) is 0 Å². The van der Waals surface area contributed by atoms with Gasteiger partial charge in [-0.2, -0.15) is 5.10 Å². The number of hydrogen-bond donors (Lipinski definition) is 1. The van der Waals surface area contributed by atoms with Crippen LogP contribution in [0.1, 0.15) is 19.4 Å². The summed E-state index contributed by atoms with van der Waals surface area (Å²) in [5.74, 6) is 0.847. The van der Waals surface area contributed by atoms with Crippen molar-refractivity contribution in [2.45, 2.75) is 25.5 Å². The summed E-state index contributed by atoms with van der Waals surface area (Å²) in [5.41, 5.74) is 5.34. The number of hydrazone groups is 1. The van der Waals surface area contributed by atoms with Gasteiger partial charge in [-0.15, -0.1) is 10.2 Å². The average molecular weight is 379 g/mol. The van der Waals surface area contributed by atoms with Crippen LogP contribution in [0.4, 0.5) is 0 Å². The summed E-state index contributed by atoms with van der Waals surface area (Å²) in [6.07, 6.45) is 0. The molecule has 3 rings (SSSR count). The number of carbonyl (C=O) groups is 1. The highest BCUT2D eigenvalue weighted by Gasteiger charge is 2.14. The monoisotopic (exact) mass is 379 g/mol. The lowest BCUT2D eigenvalue weighted by Gasteiger charge is -2.07. The van der Waals surface area contributed by atoms with Gasteiger partial charge >= 0.3 is 0 Å². The lowest BCUT2D eigenvalue weighted by atomic mass is 10.1. The van der Waals surface area contributed by atoms with Gasteiger partial charge in [0.1, 0.15) is 0 Å². The number of thioether (sulfide) groups is 1. The van der Waals surface area contributed by atoms with Crippen molar-refractivity contribution < 1.29 is 4.79 Å².